The summed E-state index contributed by atoms with van der Waals surface area (Å²) in [5.41, 5.74) is 0.228. The standard InChI is InChI=1S/C13H9IN2O5S/c14-9-6-22(20,21)12-8(5-7-3-1-2-4-15-7)11(17)16(12)10(9)13(18)19/h1-5,12H,6H2,(H,18,19)/b8-5+/t12-/m1/s1. The lowest BCUT2D eigenvalue weighted by molar-refractivity contribution is -0.141. The molecule has 1 amide bonds. The van der Waals surface area contributed by atoms with E-state index in [1.807, 2.05) is 0 Å². The van der Waals surface area contributed by atoms with E-state index >= 15 is 0 Å². The minimum absolute atomic E-state index is 0.0429. The molecule has 7 nitrogen and oxygen atoms in total. The van der Waals surface area contributed by atoms with E-state index in [4.69, 9.17) is 0 Å². The highest BCUT2D eigenvalue weighted by atomic mass is 127. The molecule has 0 spiro atoms. The quantitative estimate of drug-likeness (QED) is 0.421. The molecule has 1 fully saturated rings. The number of carbonyl (C=O) groups excluding carboxylic acids is 1. The third-order valence-electron chi connectivity index (χ3n) is 3.33. The molecule has 114 valence electrons. The molecule has 1 atom stereocenters. The van der Waals surface area contributed by atoms with Gasteiger partial charge in [-0.25, -0.2) is 13.2 Å². The Labute approximate surface area is 139 Å². The summed E-state index contributed by atoms with van der Waals surface area (Å²) < 4.78 is 24.7. The lowest BCUT2D eigenvalue weighted by Gasteiger charge is -2.44. The molecule has 0 aromatic carbocycles. The van der Waals surface area contributed by atoms with Crippen LogP contribution in [0.15, 0.2) is 39.2 Å². The van der Waals surface area contributed by atoms with E-state index in [0.717, 1.165) is 4.90 Å². The number of fused-ring (bicyclic) bond motifs is 1. The molecule has 1 aromatic heterocycles. The van der Waals surface area contributed by atoms with Crippen molar-refractivity contribution < 1.29 is 23.1 Å². The van der Waals surface area contributed by atoms with Crippen molar-refractivity contribution in [1.82, 2.24) is 9.88 Å². The lowest BCUT2D eigenvalue weighted by atomic mass is 10.0. The third-order valence-corrected chi connectivity index (χ3v) is 6.57. The number of hydrogen-bond acceptors (Lipinski definition) is 5. The zero-order valence-electron chi connectivity index (χ0n) is 10.9. The van der Waals surface area contributed by atoms with Gasteiger partial charge in [0.2, 0.25) is 0 Å². The van der Waals surface area contributed by atoms with Crippen molar-refractivity contribution in [3.05, 3.63) is 44.9 Å². The van der Waals surface area contributed by atoms with Crippen molar-refractivity contribution in [3.63, 3.8) is 0 Å². The van der Waals surface area contributed by atoms with E-state index < -0.39 is 27.1 Å². The van der Waals surface area contributed by atoms with Crippen LogP contribution in [-0.2, 0) is 19.4 Å². The number of amides is 1. The highest BCUT2D eigenvalue weighted by Crippen LogP contribution is 2.42. The second kappa shape index (κ2) is 5.16. The number of β-lactam (4-membered cyclic amide) rings is 1. The first-order chi connectivity index (χ1) is 10.3. The number of sulfone groups is 1. The fourth-order valence-corrected chi connectivity index (χ4v) is 5.94. The van der Waals surface area contributed by atoms with Crippen LogP contribution in [0.5, 0.6) is 0 Å². The van der Waals surface area contributed by atoms with Gasteiger partial charge in [-0.05, 0) is 40.8 Å². The van der Waals surface area contributed by atoms with Gasteiger partial charge in [0.15, 0.2) is 15.2 Å². The molecule has 9 heteroatoms. The minimum Gasteiger partial charge on any atom is -0.477 e. The van der Waals surface area contributed by atoms with Gasteiger partial charge in [-0.15, -0.1) is 0 Å². The summed E-state index contributed by atoms with van der Waals surface area (Å²) >= 11 is 1.65. The summed E-state index contributed by atoms with van der Waals surface area (Å²) in [5, 5.41) is 7.97. The third kappa shape index (κ3) is 2.24. The van der Waals surface area contributed by atoms with Crippen molar-refractivity contribution in [2.45, 2.75) is 5.37 Å². The number of aliphatic carboxylic acids is 1. The molecule has 1 saturated heterocycles. The van der Waals surface area contributed by atoms with E-state index in [-0.39, 0.29) is 20.6 Å². The Morgan fingerprint density at radius 1 is 1.45 bits per heavy atom. The SMILES string of the molecule is O=C(O)C1=C(I)CS(=O)(=O)[C@@H]2/C(=C/c3ccccn3)C(=O)N12. The highest BCUT2D eigenvalue weighted by Gasteiger charge is 2.56. The van der Waals surface area contributed by atoms with Gasteiger partial charge in [0.05, 0.1) is 17.0 Å². The molecule has 0 radical (unpaired) electrons. The maximum absolute atomic E-state index is 12.3. The summed E-state index contributed by atoms with van der Waals surface area (Å²) in [4.78, 5) is 28.4. The number of rotatable bonds is 2. The smallest absolute Gasteiger partial charge is 0.353 e. The largest absolute Gasteiger partial charge is 0.477 e. The summed E-state index contributed by atoms with van der Waals surface area (Å²) in [6.07, 6.45) is 2.91. The van der Waals surface area contributed by atoms with Crippen molar-refractivity contribution in [2.24, 2.45) is 0 Å². The van der Waals surface area contributed by atoms with E-state index in [9.17, 15) is 23.1 Å². The number of carboxylic acids is 1. The van der Waals surface area contributed by atoms with Gasteiger partial charge in [0.1, 0.15) is 5.70 Å². The Morgan fingerprint density at radius 2 is 2.18 bits per heavy atom. The average Bonchev–Trinajstić information content (AvgIpc) is 2.44. The number of hydrogen-bond donors (Lipinski definition) is 1. The van der Waals surface area contributed by atoms with E-state index in [0.29, 0.717) is 5.69 Å². The van der Waals surface area contributed by atoms with Gasteiger partial charge < -0.3 is 5.11 Å². The van der Waals surface area contributed by atoms with Gasteiger partial charge in [-0.2, -0.15) is 0 Å². The molecular weight excluding hydrogens is 423 g/mol. The van der Waals surface area contributed by atoms with E-state index in [1.54, 1.807) is 40.8 Å². The van der Waals surface area contributed by atoms with Crippen LogP contribution in [0.1, 0.15) is 5.69 Å². The maximum atomic E-state index is 12.3. The molecular formula is C13H9IN2O5S. The van der Waals surface area contributed by atoms with Crippen LogP contribution >= 0.6 is 22.6 Å². The van der Waals surface area contributed by atoms with Crippen LogP contribution in [0.2, 0.25) is 0 Å². The molecule has 0 unspecified atom stereocenters. The van der Waals surface area contributed by atoms with Gasteiger partial charge >= 0.3 is 5.97 Å². The Morgan fingerprint density at radius 3 is 2.77 bits per heavy atom. The normalized spacial score (nSPS) is 25.0. The predicted molar refractivity (Wildman–Crippen MR) is 85.3 cm³/mol. The predicted octanol–water partition coefficient (Wildman–Crippen LogP) is 0.793. The first-order valence-corrected chi connectivity index (χ1v) is 8.92. The summed E-state index contributed by atoms with van der Waals surface area (Å²) in [5.74, 6) is -2.32. The van der Waals surface area contributed by atoms with Gasteiger partial charge in [-0.3, -0.25) is 14.7 Å². The molecule has 0 bridgehead atoms. The van der Waals surface area contributed by atoms with Crippen LogP contribution in [0.3, 0.4) is 0 Å². The summed E-state index contributed by atoms with van der Waals surface area (Å²) in [6.45, 7) is 0. The number of halogens is 1. The van der Waals surface area contributed by atoms with Crippen LogP contribution in [0, 0.1) is 0 Å². The summed E-state index contributed by atoms with van der Waals surface area (Å²) in [6, 6.07) is 5.04. The molecule has 0 aliphatic carbocycles. The van der Waals surface area contributed by atoms with Crippen molar-refractivity contribution >= 4 is 50.4 Å². The van der Waals surface area contributed by atoms with Crippen molar-refractivity contribution in [2.75, 3.05) is 5.75 Å². The zero-order chi connectivity index (χ0) is 16.1. The fraction of sp³-hybridized carbons (Fsp3) is 0.154. The monoisotopic (exact) mass is 432 g/mol. The van der Waals surface area contributed by atoms with Gasteiger partial charge in [0.25, 0.3) is 5.91 Å². The highest BCUT2D eigenvalue weighted by molar-refractivity contribution is 14.1. The second-order valence-corrected chi connectivity index (χ2v) is 8.11. The van der Waals surface area contributed by atoms with Crippen LogP contribution in [-0.4, -0.2) is 46.4 Å². The molecule has 3 rings (SSSR count). The first kappa shape index (κ1) is 15.2. The van der Waals surface area contributed by atoms with Crippen LogP contribution in [0.4, 0.5) is 0 Å². The minimum atomic E-state index is -3.66. The van der Waals surface area contributed by atoms with Gasteiger partial charge in [0, 0.05) is 9.78 Å². The Balaban J connectivity index is 2.10. The Hall–Kier alpha value is -1.75. The number of carboxylic acid groups (broad SMARTS) is 1. The number of pyridine rings is 1. The molecule has 2 aliphatic heterocycles. The molecule has 22 heavy (non-hydrogen) atoms. The number of aromatic nitrogens is 1. The molecule has 3 heterocycles. The molecule has 0 saturated carbocycles. The first-order valence-electron chi connectivity index (χ1n) is 6.12. The zero-order valence-corrected chi connectivity index (χ0v) is 13.9. The molecule has 1 aromatic rings. The number of carbonyl (C=O) groups is 2. The van der Waals surface area contributed by atoms with Crippen molar-refractivity contribution in [1.29, 1.82) is 0 Å². The number of nitrogens with zero attached hydrogens (tertiary/aromatic N) is 2. The lowest BCUT2D eigenvalue weighted by Crippen LogP contribution is -2.61. The molecule has 2 aliphatic rings. The van der Waals surface area contributed by atoms with E-state index in [2.05, 4.69) is 4.98 Å². The second-order valence-electron chi connectivity index (χ2n) is 4.75. The Kier molecular flexibility index (Phi) is 3.56. The van der Waals surface area contributed by atoms with Gasteiger partial charge in [-0.1, -0.05) is 6.07 Å². The van der Waals surface area contributed by atoms with Crippen LogP contribution < -0.4 is 0 Å². The maximum Gasteiger partial charge on any atom is 0.353 e. The fourth-order valence-electron chi connectivity index (χ4n) is 2.42. The molecule has 1 N–H and O–H groups in total. The summed E-state index contributed by atoms with van der Waals surface area (Å²) in [7, 11) is -3.66. The van der Waals surface area contributed by atoms with Crippen LogP contribution in [0.25, 0.3) is 6.08 Å². The van der Waals surface area contributed by atoms with E-state index in [1.165, 1.54) is 12.3 Å². The Bertz CT molecular complexity index is 844. The average molecular weight is 432 g/mol. The van der Waals surface area contributed by atoms with Crippen molar-refractivity contribution in [3.8, 4) is 0 Å². The topological polar surface area (TPSA) is 105 Å².